The molecule has 1 fully saturated rings. The summed E-state index contributed by atoms with van der Waals surface area (Å²) in [7, 11) is 0. The van der Waals surface area contributed by atoms with E-state index in [4.69, 9.17) is 0 Å². The zero-order valence-electron chi connectivity index (χ0n) is 18.3. The zero-order valence-corrected chi connectivity index (χ0v) is 18.3. The van der Waals surface area contributed by atoms with Gasteiger partial charge in [-0.25, -0.2) is 9.67 Å². The van der Waals surface area contributed by atoms with E-state index < -0.39 is 0 Å². The van der Waals surface area contributed by atoms with E-state index in [1.165, 1.54) is 19.3 Å². The zero-order chi connectivity index (χ0) is 22.5. The van der Waals surface area contributed by atoms with Gasteiger partial charge in [-0.15, -0.1) is 5.10 Å². The highest BCUT2D eigenvalue weighted by molar-refractivity contribution is 5.92. The van der Waals surface area contributed by atoms with Gasteiger partial charge in [0.25, 0.3) is 0 Å². The van der Waals surface area contributed by atoms with E-state index in [0.29, 0.717) is 11.5 Å². The first kappa shape index (κ1) is 20.8. The number of nitrogens with one attached hydrogen (secondary N) is 1. The average Bonchev–Trinajstić information content (AvgIpc) is 3.29. The number of nitrogens with zero attached hydrogens (tertiary/aromatic N) is 6. The van der Waals surface area contributed by atoms with Gasteiger partial charge in [0, 0.05) is 31.0 Å². The summed E-state index contributed by atoms with van der Waals surface area (Å²) >= 11 is 0. The quantitative estimate of drug-likeness (QED) is 0.490. The second kappa shape index (κ2) is 9.60. The highest BCUT2D eigenvalue weighted by Gasteiger charge is 2.19. The van der Waals surface area contributed by atoms with Crippen LogP contribution in [0.3, 0.4) is 0 Å². The number of aromatic nitrogens is 5. The Morgan fingerprint density at radius 1 is 0.909 bits per heavy atom. The summed E-state index contributed by atoms with van der Waals surface area (Å²) < 4.78 is 1.74. The molecule has 0 radical (unpaired) electrons. The third-order valence-corrected chi connectivity index (χ3v) is 5.76. The number of carbonyl (C=O) groups excluding carboxylic acids is 1. The molecule has 1 saturated heterocycles. The van der Waals surface area contributed by atoms with Crippen molar-refractivity contribution >= 4 is 17.4 Å². The van der Waals surface area contributed by atoms with Crippen LogP contribution in [-0.4, -0.2) is 44.0 Å². The van der Waals surface area contributed by atoms with Gasteiger partial charge in [-0.1, -0.05) is 35.5 Å². The van der Waals surface area contributed by atoms with Crippen LogP contribution in [0.15, 0.2) is 73.2 Å². The van der Waals surface area contributed by atoms with Crippen molar-refractivity contribution in [3.8, 4) is 16.9 Å². The lowest BCUT2D eigenvalue weighted by atomic mass is 10.1. The molecule has 1 aliphatic heterocycles. The first-order chi connectivity index (χ1) is 16.3. The Morgan fingerprint density at radius 2 is 1.70 bits per heavy atom. The lowest BCUT2D eigenvalue weighted by Crippen LogP contribution is -2.29. The van der Waals surface area contributed by atoms with E-state index in [1.54, 1.807) is 17.1 Å². The first-order valence-corrected chi connectivity index (χ1v) is 11.2. The molecule has 0 saturated carbocycles. The topological polar surface area (TPSA) is 88.8 Å². The molecule has 166 valence electrons. The Labute approximate surface area is 192 Å². The standard InChI is InChI=1S/C25H25N7O/c33-24(28-23-10-9-21(18-27-23)31-15-5-2-6-16-31)17-22-25(19-7-3-1-4-8-19)32(30-29-22)20-11-13-26-14-12-20/h1,3-4,7-14,18H,2,5-6,15-17H2,(H,27,28,33). The molecular formula is C25H25N7O. The summed E-state index contributed by atoms with van der Waals surface area (Å²) in [6.07, 6.45) is 9.04. The maximum absolute atomic E-state index is 12.8. The van der Waals surface area contributed by atoms with Crippen LogP contribution in [0.25, 0.3) is 16.9 Å². The number of benzene rings is 1. The minimum atomic E-state index is -0.188. The monoisotopic (exact) mass is 439 g/mol. The minimum absolute atomic E-state index is 0.0882. The third-order valence-electron chi connectivity index (χ3n) is 5.76. The molecular weight excluding hydrogens is 414 g/mol. The fourth-order valence-electron chi connectivity index (χ4n) is 4.12. The van der Waals surface area contributed by atoms with Crippen molar-refractivity contribution in [1.29, 1.82) is 0 Å². The van der Waals surface area contributed by atoms with Crippen LogP contribution in [-0.2, 0) is 11.2 Å². The number of anilines is 2. The van der Waals surface area contributed by atoms with E-state index in [2.05, 4.69) is 30.5 Å². The Morgan fingerprint density at radius 3 is 2.42 bits per heavy atom. The lowest BCUT2D eigenvalue weighted by Gasteiger charge is -2.28. The van der Waals surface area contributed by atoms with Gasteiger partial charge in [-0.2, -0.15) is 0 Å². The highest BCUT2D eigenvalue weighted by Crippen LogP contribution is 2.26. The molecule has 1 aliphatic rings. The number of pyridine rings is 2. The molecule has 0 aliphatic carbocycles. The maximum atomic E-state index is 12.8. The number of piperidine rings is 1. The summed E-state index contributed by atoms with van der Waals surface area (Å²) in [6, 6.07) is 17.4. The molecule has 5 rings (SSSR count). The molecule has 33 heavy (non-hydrogen) atoms. The van der Waals surface area contributed by atoms with Crippen molar-refractivity contribution in [2.75, 3.05) is 23.3 Å². The van der Waals surface area contributed by atoms with Crippen LogP contribution in [0, 0.1) is 0 Å². The van der Waals surface area contributed by atoms with Crippen LogP contribution < -0.4 is 10.2 Å². The van der Waals surface area contributed by atoms with Crippen molar-refractivity contribution in [2.45, 2.75) is 25.7 Å². The normalized spacial score (nSPS) is 13.6. The van der Waals surface area contributed by atoms with Crippen molar-refractivity contribution in [3.05, 3.63) is 78.9 Å². The molecule has 0 bridgehead atoms. The maximum Gasteiger partial charge on any atom is 0.231 e. The molecule has 8 nitrogen and oxygen atoms in total. The van der Waals surface area contributed by atoms with Crippen molar-refractivity contribution in [2.24, 2.45) is 0 Å². The molecule has 3 aromatic heterocycles. The second-order valence-electron chi connectivity index (χ2n) is 8.04. The highest BCUT2D eigenvalue weighted by atomic mass is 16.1. The summed E-state index contributed by atoms with van der Waals surface area (Å²) in [6.45, 7) is 2.12. The molecule has 1 N–H and O–H groups in total. The van der Waals surface area contributed by atoms with Crippen LogP contribution in [0.2, 0.25) is 0 Å². The van der Waals surface area contributed by atoms with Gasteiger partial charge < -0.3 is 10.2 Å². The van der Waals surface area contributed by atoms with Gasteiger partial charge in [0.2, 0.25) is 5.91 Å². The van der Waals surface area contributed by atoms with Crippen molar-refractivity contribution in [3.63, 3.8) is 0 Å². The minimum Gasteiger partial charge on any atom is -0.370 e. The molecule has 0 spiro atoms. The Hall–Kier alpha value is -4.07. The molecule has 0 unspecified atom stereocenters. The predicted octanol–water partition coefficient (Wildman–Crippen LogP) is 3.90. The van der Waals surface area contributed by atoms with Gasteiger partial charge >= 0.3 is 0 Å². The summed E-state index contributed by atoms with van der Waals surface area (Å²) in [4.78, 5) is 23.7. The third kappa shape index (κ3) is 4.74. The van der Waals surface area contributed by atoms with Crippen LogP contribution in [0.5, 0.6) is 0 Å². The van der Waals surface area contributed by atoms with Gasteiger partial charge in [0.15, 0.2) is 0 Å². The van der Waals surface area contributed by atoms with E-state index in [-0.39, 0.29) is 12.3 Å². The predicted molar refractivity (Wildman–Crippen MR) is 127 cm³/mol. The number of amides is 1. The van der Waals surface area contributed by atoms with Crippen LogP contribution >= 0.6 is 0 Å². The molecule has 1 aromatic carbocycles. The summed E-state index contributed by atoms with van der Waals surface area (Å²) in [5, 5.41) is 11.5. The Bertz CT molecular complexity index is 1200. The molecule has 4 heterocycles. The van der Waals surface area contributed by atoms with E-state index in [0.717, 1.165) is 35.7 Å². The van der Waals surface area contributed by atoms with Gasteiger partial charge in [-0.05, 0) is 43.5 Å². The molecule has 8 heteroatoms. The summed E-state index contributed by atoms with van der Waals surface area (Å²) in [5.41, 5.74) is 4.24. The van der Waals surface area contributed by atoms with E-state index in [1.807, 2.05) is 60.8 Å². The smallest absolute Gasteiger partial charge is 0.231 e. The number of hydrogen-bond donors (Lipinski definition) is 1. The SMILES string of the molecule is O=C(Cc1nnn(-c2ccncc2)c1-c1ccccc1)Nc1ccc(N2CCCCC2)cn1. The fourth-order valence-corrected chi connectivity index (χ4v) is 4.12. The van der Waals surface area contributed by atoms with Crippen LogP contribution in [0.4, 0.5) is 11.5 Å². The van der Waals surface area contributed by atoms with Crippen molar-refractivity contribution in [1.82, 2.24) is 25.0 Å². The van der Waals surface area contributed by atoms with E-state index in [9.17, 15) is 4.79 Å². The lowest BCUT2D eigenvalue weighted by molar-refractivity contribution is -0.115. The van der Waals surface area contributed by atoms with Crippen molar-refractivity contribution < 1.29 is 4.79 Å². The van der Waals surface area contributed by atoms with Gasteiger partial charge in [-0.3, -0.25) is 9.78 Å². The second-order valence-corrected chi connectivity index (χ2v) is 8.04. The largest absolute Gasteiger partial charge is 0.370 e. The number of hydrogen-bond acceptors (Lipinski definition) is 6. The molecule has 4 aromatic rings. The average molecular weight is 440 g/mol. The van der Waals surface area contributed by atoms with Gasteiger partial charge in [0.1, 0.15) is 11.5 Å². The molecule has 0 atom stereocenters. The Balaban J connectivity index is 1.35. The van der Waals surface area contributed by atoms with Crippen LogP contribution in [0.1, 0.15) is 25.0 Å². The van der Waals surface area contributed by atoms with E-state index >= 15 is 0 Å². The Kier molecular flexibility index (Phi) is 6.06. The number of carbonyl (C=O) groups is 1. The fraction of sp³-hybridized carbons (Fsp3) is 0.240. The molecule has 1 amide bonds. The summed E-state index contributed by atoms with van der Waals surface area (Å²) in [5.74, 6) is 0.343. The first-order valence-electron chi connectivity index (χ1n) is 11.2. The van der Waals surface area contributed by atoms with Gasteiger partial charge in [0.05, 0.1) is 29.7 Å². The number of rotatable bonds is 6.